The lowest BCUT2D eigenvalue weighted by atomic mass is 10.0. The number of halogens is 3. The van der Waals surface area contributed by atoms with Gasteiger partial charge in [0.15, 0.2) is 5.82 Å². The van der Waals surface area contributed by atoms with Crippen molar-refractivity contribution in [2.75, 3.05) is 5.32 Å². The standard InChI is InChI=1S/C17H13F3N4OS/c1-9-5-6-12(13(8-9)17(18,19)20)14-22-16(26-24-14)23-15(25)11-4-3-7-21-10(11)2/h3-8H,1-2H3,(H,22,23,24,25). The Hall–Kier alpha value is -2.81. The highest BCUT2D eigenvalue weighted by molar-refractivity contribution is 7.10. The Bertz CT molecular complexity index is 969. The molecule has 0 bridgehead atoms. The Morgan fingerprint density at radius 3 is 2.65 bits per heavy atom. The Morgan fingerprint density at radius 1 is 1.19 bits per heavy atom. The summed E-state index contributed by atoms with van der Waals surface area (Å²) in [6.45, 7) is 3.26. The van der Waals surface area contributed by atoms with E-state index >= 15 is 0 Å². The topological polar surface area (TPSA) is 67.8 Å². The summed E-state index contributed by atoms with van der Waals surface area (Å²) in [6, 6.07) is 7.16. The molecule has 3 rings (SSSR count). The summed E-state index contributed by atoms with van der Waals surface area (Å²) in [7, 11) is 0. The number of carbonyl (C=O) groups excluding carboxylic acids is 1. The van der Waals surface area contributed by atoms with Crippen LogP contribution in [0.4, 0.5) is 18.3 Å². The fraction of sp³-hybridized carbons (Fsp3) is 0.176. The van der Waals surface area contributed by atoms with Crippen molar-refractivity contribution in [1.29, 1.82) is 0 Å². The van der Waals surface area contributed by atoms with Crippen LogP contribution in [0.5, 0.6) is 0 Å². The van der Waals surface area contributed by atoms with Gasteiger partial charge in [-0.3, -0.25) is 15.1 Å². The molecule has 2 heterocycles. The molecule has 26 heavy (non-hydrogen) atoms. The first-order chi connectivity index (χ1) is 12.3. The van der Waals surface area contributed by atoms with E-state index in [1.807, 2.05) is 0 Å². The number of hydrogen-bond acceptors (Lipinski definition) is 5. The second-order valence-electron chi connectivity index (χ2n) is 5.56. The zero-order valence-electron chi connectivity index (χ0n) is 13.8. The number of aromatic nitrogens is 3. The zero-order valence-corrected chi connectivity index (χ0v) is 14.6. The molecule has 1 aromatic carbocycles. The van der Waals surface area contributed by atoms with Crippen molar-refractivity contribution < 1.29 is 18.0 Å². The summed E-state index contributed by atoms with van der Waals surface area (Å²) < 4.78 is 43.8. The van der Waals surface area contributed by atoms with Gasteiger partial charge in [-0.1, -0.05) is 17.7 Å². The van der Waals surface area contributed by atoms with Gasteiger partial charge in [-0.25, -0.2) is 0 Å². The number of nitrogens with one attached hydrogen (secondary N) is 1. The van der Waals surface area contributed by atoms with Gasteiger partial charge in [-0.2, -0.15) is 22.5 Å². The SMILES string of the molecule is Cc1ccc(-c2nsc(NC(=O)c3cccnc3C)n2)c(C(F)(F)F)c1. The molecule has 0 atom stereocenters. The molecule has 1 N–H and O–H groups in total. The predicted octanol–water partition coefficient (Wildman–Crippen LogP) is 4.49. The zero-order chi connectivity index (χ0) is 18.9. The number of hydrogen-bond donors (Lipinski definition) is 1. The molecule has 3 aromatic rings. The smallest absolute Gasteiger partial charge is 0.297 e. The lowest BCUT2D eigenvalue weighted by molar-refractivity contribution is -0.137. The average Bonchev–Trinajstić information content (AvgIpc) is 3.02. The molecule has 0 aliphatic rings. The van der Waals surface area contributed by atoms with Crippen molar-refractivity contribution in [3.05, 3.63) is 58.9 Å². The third-order valence-electron chi connectivity index (χ3n) is 3.62. The molecule has 0 fully saturated rings. The highest BCUT2D eigenvalue weighted by atomic mass is 32.1. The minimum absolute atomic E-state index is 0.0828. The van der Waals surface area contributed by atoms with Crippen molar-refractivity contribution in [3.63, 3.8) is 0 Å². The van der Waals surface area contributed by atoms with Crippen LogP contribution in [0.1, 0.15) is 27.2 Å². The van der Waals surface area contributed by atoms with Crippen LogP contribution in [-0.4, -0.2) is 20.2 Å². The Kier molecular flexibility index (Phi) is 4.73. The third-order valence-corrected chi connectivity index (χ3v) is 4.25. The maximum absolute atomic E-state index is 13.3. The molecule has 5 nitrogen and oxygen atoms in total. The normalized spacial score (nSPS) is 11.4. The van der Waals surface area contributed by atoms with Crippen LogP contribution in [0.25, 0.3) is 11.4 Å². The van der Waals surface area contributed by atoms with Crippen molar-refractivity contribution in [3.8, 4) is 11.4 Å². The Balaban J connectivity index is 1.90. The molecule has 0 spiro atoms. The van der Waals surface area contributed by atoms with Crippen LogP contribution in [0.2, 0.25) is 0 Å². The fourth-order valence-corrected chi connectivity index (χ4v) is 2.94. The number of nitrogens with zero attached hydrogens (tertiary/aromatic N) is 3. The lowest BCUT2D eigenvalue weighted by Crippen LogP contribution is -2.13. The molecular formula is C17H13F3N4OS. The van der Waals surface area contributed by atoms with E-state index in [1.54, 1.807) is 38.2 Å². The first-order valence-corrected chi connectivity index (χ1v) is 8.28. The molecule has 9 heteroatoms. The molecule has 0 radical (unpaired) electrons. The minimum Gasteiger partial charge on any atom is -0.297 e. The summed E-state index contributed by atoms with van der Waals surface area (Å²) in [4.78, 5) is 20.3. The van der Waals surface area contributed by atoms with Gasteiger partial charge in [0.1, 0.15) is 0 Å². The van der Waals surface area contributed by atoms with E-state index in [2.05, 4.69) is 19.7 Å². The molecule has 2 aromatic heterocycles. The van der Waals surface area contributed by atoms with Gasteiger partial charge in [-0.05, 0) is 32.0 Å². The monoisotopic (exact) mass is 378 g/mol. The lowest BCUT2D eigenvalue weighted by Gasteiger charge is -2.11. The molecule has 0 saturated heterocycles. The van der Waals surface area contributed by atoms with Gasteiger partial charge in [0, 0.05) is 29.0 Å². The van der Waals surface area contributed by atoms with E-state index in [0.717, 1.165) is 17.6 Å². The van der Waals surface area contributed by atoms with Gasteiger partial charge < -0.3 is 0 Å². The molecule has 0 aliphatic carbocycles. The second kappa shape index (κ2) is 6.83. The van der Waals surface area contributed by atoms with Gasteiger partial charge in [0.2, 0.25) is 5.13 Å². The quantitative estimate of drug-likeness (QED) is 0.729. The Morgan fingerprint density at radius 2 is 1.96 bits per heavy atom. The van der Waals surface area contributed by atoms with E-state index in [9.17, 15) is 18.0 Å². The number of pyridine rings is 1. The number of anilines is 1. The van der Waals surface area contributed by atoms with Gasteiger partial charge in [-0.15, -0.1) is 0 Å². The van der Waals surface area contributed by atoms with Crippen LogP contribution in [0.3, 0.4) is 0 Å². The molecule has 1 amide bonds. The van der Waals surface area contributed by atoms with Crippen molar-refractivity contribution >= 4 is 22.6 Å². The minimum atomic E-state index is -4.52. The van der Waals surface area contributed by atoms with Crippen LogP contribution >= 0.6 is 11.5 Å². The van der Waals surface area contributed by atoms with E-state index in [-0.39, 0.29) is 16.5 Å². The fourth-order valence-electron chi connectivity index (χ4n) is 2.36. The molecule has 0 unspecified atom stereocenters. The summed E-state index contributed by atoms with van der Waals surface area (Å²) >= 11 is 0.816. The first kappa shape index (κ1) is 18.0. The number of alkyl halides is 3. The van der Waals surface area contributed by atoms with Crippen LogP contribution in [-0.2, 0) is 6.18 Å². The van der Waals surface area contributed by atoms with Crippen LogP contribution in [0.15, 0.2) is 36.5 Å². The summed E-state index contributed by atoms with van der Waals surface area (Å²) in [5.41, 5.74) is 0.439. The highest BCUT2D eigenvalue weighted by Gasteiger charge is 2.34. The number of carbonyl (C=O) groups is 1. The number of benzene rings is 1. The summed E-state index contributed by atoms with van der Waals surface area (Å²) in [6.07, 6.45) is -2.96. The van der Waals surface area contributed by atoms with Crippen molar-refractivity contribution in [1.82, 2.24) is 14.3 Å². The number of aryl methyl sites for hydroxylation is 2. The van der Waals surface area contributed by atoms with E-state index in [4.69, 9.17) is 0 Å². The average molecular weight is 378 g/mol. The highest BCUT2D eigenvalue weighted by Crippen LogP contribution is 2.37. The van der Waals surface area contributed by atoms with Crippen LogP contribution < -0.4 is 5.32 Å². The van der Waals surface area contributed by atoms with Gasteiger partial charge >= 0.3 is 6.18 Å². The van der Waals surface area contributed by atoms with Crippen LogP contribution in [0, 0.1) is 13.8 Å². The number of rotatable bonds is 3. The largest absolute Gasteiger partial charge is 0.417 e. The van der Waals surface area contributed by atoms with Gasteiger partial charge in [0.25, 0.3) is 5.91 Å². The van der Waals surface area contributed by atoms with Crippen molar-refractivity contribution in [2.24, 2.45) is 0 Å². The molecule has 0 saturated carbocycles. The van der Waals surface area contributed by atoms with E-state index < -0.39 is 17.6 Å². The summed E-state index contributed by atoms with van der Waals surface area (Å²) in [5, 5.41) is 2.66. The predicted molar refractivity (Wildman–Crippen MR) is 92.0 cm³/mol. The van der Waals surface area contributed by atoms with E-state index in [0.29, 0.717) is 16.8 Å². The van der Waals surface area contributed by atoms with E-state index in [1.165, 1.54) is 6.07 Å². The third kappa shape index (κ3) is 3.72. The Labute approximate surface area is 151 Å². The molecule has 134 valence electrons. The molecular weight excluding hydrogens is 365 g/mol. The number of amides is 1. The second-order valence-corrected chi connectivity index (χ2v) is 6.31. The van der Waals surface area contributed by atoms with Crippen molar-refractivity contribution in [2.45, 2.75) is 20.0 Å². The molecule has 0 aliphatic heterocycles. The summed E-state index contributed by atoms with van der Waals surface area (Å²) in [5.74, 6) is -0.529. The maximum Gasteiger partial charge on any atom is 0.417 e. The van der Waals surface area contributed by atoms with Gasteiger partial charge in [0.05, 0.1) is 11.1 Å². The first-order valence-electron chi connectivity index (χ1n) is 7.50. The maximum atomic E-state index is 13.3.